The van der Waals surface area contributed by atoms with Crippen molar-refractivity contribution >= 4 is 5.96 Å². The molecule has 2 atom stereocenters. The van der Waals surface area contributed by atoms with Crippen LogP contribution in [0.2, 0.25) is 0 Å². The van der Waals surface area contributed by atoms with Crippen molar-refractivity contribution in [3.63, 3.8) is 0 Å². The van der Waals surface area contributed by atoms with Crippen molar-refractivity contribution in [3.8, 4) is 17.2 Å². The van der Waals surface area contributed by atoms with E-state index in [1.54, 1.807) is 28.4 Å². The van der Waals surface area contributed by atoms with Gasteiger partial charge in [-0.1, -0.05) is 20.8 Å². The standard InChI is InChI=1S/C22H37N3O4/c1-22(2,3)20-16(9-8-12-29-20)14-25-21(23-4)24-13-15-10-11-17(26-5)19(28-7)18(15)27-6/h10-11,16,20H,8-9,12-14H2,1-7H3,(H2,23,24,25). The Morgan fingerprint density at radius 1 is 1.10 bits per heavy atom. The molecular weight excluding hydrogens is 370 g/mol. The Labute approximate surface area is 175 Å². The highest BCUT2D eigenvalue weighted by Crippen LogP contribution is 2.39. The maximum atomic E-state index is 6.09. The quantitative estimate of drug-likeness (QED) is 0.534. The molecule has 1 aromatic carbocycles. The molecular formula is C22H37N3O4. The molecule has 0 bridgehead atoms. The van der Waals surface area contributed by atoms with E-state index in [0.717, 1.165) is 37.5 Å². The van der Waals surface area contributed by atoms with Crippen molar-refractivity contribution in [1.82, 2.24) is 10.6 Å². The zero-order chi connectivity index (χ0) is 21.4. The Balaban J connectivity index is 2.01. The first-order chi connectivity index (χ1) is 13.8. The van der Waals surface area contributed by atoms with Crippen LogP contribution in [-0.4, -0.2) is 53.6 Å². The molecule has 0 spiro atoms. The SMILES string of the molecule is CN=C(NCc1ccc(OC)c(OC)c1OC)NCC1CCCOC1C(C)(C)C. The largest absolute Gasteiger partial charge is 0.493 e. The van der Waals surface area contributed by atoms with Crippen LogP contribution in [0.3, 0.4) is 0 Å². The van der Waals surface area contributed by atoms with Gasteiger partial charge in [0.15, 0.2) is 17.5 Å². The first-order valence-corrected chi connectivity index (χ1v) is 10.2. The lowest BCUT2D eigenvalue weighted by Gasteiger charge is -2.40. The number of methoxy groups -OCH3 is 3. The van der Waals surface area contributed by atoms with Gasteiger partial charge < -0.3 is 29.6 Å². The van der Waals surface area contributed by atoms with Crippen LogP contribution in [0.4, 0.5) is 0 Å². The van der Waals surface area contributed by atoms with E-state index in [2.05, 4.69) is 36.4 Å². The summed E-state index contributed by atoms with van der Waals surface area (Å²) in [4.78, 5) is 4.36. The first-order valence-electron chi connectivity index (χ1n) is 10.2. The Morgan fingerprint density at radius 3 is 2.41 bits per heavy atom. The molecule has 1 saturated heterocycles. The molecule has 7 heteroatoms. The summed E-state index contributed by atoms with van der Waals surface area (Å²) in [6.07, 6.45) is 2.51. The predicted octanol–water partition coefficient (Wildman–Crippen LogP) is 3.22. The zero-order valence-electron chi connectivity index (χ0n) is 18.9. The van der Waals surface area contributed by atoms with Gasteiger partial charge in [-0.15, -0.1) is 0 Å². The Hall–Kier alpha value is -2.15. The molecule has 1 aromatic rings. The van der Waals surface area contributed by atoms with Crippen LogP contribution >= 0.6 is 0 Å². The Bertz CT molecular complexity index is 685. The van der Waals surface area contributed by atoms with Crippen LogP contribution in [0.25, 0.3) is 0 Å². The number of rotatable bonds is 7. The van der Waals surface area contributed by atoms with Crippen LogP contribution < -0.4 is 24.8 Å². The topological polar surface area (TPSA) is 73.3 Å². The molecule has 1 heterocycles. The molecule has 0 saturated carbocycles. The van der Waals surface area contributed by atoms with Gasteiger partial charge in [-0.25, -0.2) is 0 Å². The molecule has 0 radical (unpaired) electrons. The summed E-state index contributed by atoms with van der Waals surface area (Å²) in [5.41, 5.74) is 1.08. The van der Waals surface area contributed by atoms with Gasteiger partial charge in [-0.3, -0.25) is 4.99 Å². The molecule has 2 N–H and O–H groups in total. The van der Waals surface area contributed by atoms with E-state index < -0.39 is 0 Å². The Morgan fingerprint density at radius 2 is 1.83 bits per heavy atom. The van der Waals surface area contributed by atoms with Crippen LogP contribution in [-0.2, 0) is 11.3 Å². The van der Waals surface area contributed by atoms with E-state index in [1.807, 2.05) is 12.1 Å². The van der Waals surface area contributed by atoms with Gasteiger partial charge in [0.2, 0.25) is 5.75 Å². The minimum atomic E-state index is 0.122. The highest BCUT2D eigenvalue weighted by Gasteiger charge is 2.35. The van der Waals surface area contributed by atoms with Gasteiger partial charge in [-0.05, 0) is 30.4 Å². The molecule has 164 valence electrons. The molecule has 0 aliphatic carbocycles. The maximum Gasteiger partial charge on any atom is 0.203 e. The number of nitrogens with zero attached hydrogens (tertiary/aromatic N) is 1. The summed E-state index contributed by atoms with van der Waals surface area (Å²) in [6.45, 7) is 8.95. The summed E-state index contributed by atoms with van der Waals surface area (Å²) in [7, 11) is 6.63. The number of hydrogen-bond acceptors (Lipinski definition) is 5. The molecule has 2 rings (SSSR count). The van der Waals surface area contributed by atoms with Crippen LogP contribution in [0.5, 0.6) is 17.2 Å². The van der Waals surface area contributed by atoms with Gasteiger partial charge in [0.05, 0.1) is 27.4 Å². The molecule has 0 amide bonds. The summed E-state index contributed by atoms with van der Waals surface area (Å²) in [5, 5.41) is 6.83. The number of aliphatic imine (C=N–C) groups is 1. The highest BCUT2D eigenvalue weighted by molar-refractivity contribution is 5.79. The maximum absolute atomic E-state index is 6.09. The zero-order valence-corrected chi connectivity index (χ0v) is 18.9. The number of benzene rings is 1. The molecule has 1 fully saturated rings. The summed E-state index contributed by atoms with van der Waals surface area (Å²) in [5.74, 6) is 3.09. The third kappa shape index (κ3) is 5.92. The van der Waals surface area contributed by atoms with E-state index in [4.69, 9.17) is 18.9 Å². The van der Waals surface area contributed by atoms with E-state index >= 15 is 0 Å². The fourth-order valence-electron chi connectivity index (χ4n) is 3.94. The smallest absolute Gasteiger partial charge is 0.203 e. The van der Waals surface area contributed by atoms with E-state index in [9.17, 15) is 0 Å². The molecule has 7 nitrogen and oxygen atoms in total. The van der Waals surface area contributed by atoms with Crippen molar-refractivity contribution in [2.24, 2.45) is 16.3 Å². The van der Waals surface area contributed by atoms with Crippen molar-refractivity contribution in [2.75, 3.05) is 41.5 Å². The third-order valence-electron chi connectivity index (χ3n) is 5.29. The highest BCUT2D eigenvalue weighted by atomic mass is 16.5. The predicted molar refractivity (Wildman–Crippen MR) is 116 cm³/mol. The van der Waals surface area contributed by atoms with E-state index in [1.165, 1.54) is 0 Å². The van der Waals surface area contributed by atoms with Gasteiger partial charge in [-0.2, -0.15) is 0 Å². The van der Waals surface area contributed by atoms with Crippen molar-refractivity contribution < 1.29 is 18.9 Å². The van der Waals surface area contributed by atoms with Gasteiger partial charge >= 0.3 is 0 Å². The van der Waals surface area contributed by atoms with Gasteiger partial charge in [0.1, 0.15) is 0 Å². The normalized spacial score (nSPS) is 20.2. The summed E-state index contributed by atoms with van der Waals surface area (Å²) >= 11 is 0. The summed E-state index contributed by atoms with van der Waals surface area (Å²) in [6, 6.07) is 3.84. The molecule has 1 aliphatic rings. The number of guanidine groups is 1. The van der Waals surface area contributed by atoms with Crippen molar-refractivity contribution in [2.45, 2.75) is 46.3 Å². The Kier molecular flexibility index (Phi) is 8.44. The van der Waals surface area contributed by atoms with Gasteiger partial charge in [0, 0.05) is 38.2 Å². The lowest BCUT2D eigenvalue weighted by Crippen LogP contribution is -2.47. The third-order valence-corrected chi connectivity index (χ3v) is 5.29. The van der Waals surface area contributed by atoms with Gasteiger partial charge in [0.25, 0.3) is 0 Å². The fourth-order valence-corrected chi connectivity index (χ4v) is 3.94. The minimum Gasteiger partial charge on any atom is -0.493 e. The van der Waals surface area contributed by atoms with Crippen LogP contribution in [0, 0.1) is 11.3 Å². The molecule has 1 aliphatic heterocycles. The second kappa shape index (κ2) is 10.6. The summed E-state index contributed by atoms with van der Waals surface area (Å²) < 4.78 is 22.5. The number of nitrogens with one attached hydrogen (secondary N) is 2. The number of ether oxygens (including phenoxy) is 4. The van der Waals surface area contributed by atoms with E-state index in [0.29, 0.717) is 29.7 Å². The van der Waals surface area contributed by atoms with Crippen LogP contribution in [0.1, 0.15) is 39.2 Å². The van der Waals surface area contributed by atoms with Crippen molar-refractivity contribution in [1.29, 1.82) is 0 Å². The second-order valence-corrected chi connectivity index (χ2v) is 8.36. The second-order valence-electron chi connectivity index (χ2n) is 8.36. The average molecular weight is 408 g/mol. The molecule has 29 heavy (non-hydrogen) atoms. The molecule has 2 unspecified atom stereocenters. The number of hydrogen-bond donors (Lipinski definition) is 2. The lowest BCUT2D eigenvalue weighted by molar-refractivity contribution is -0.0835. The lowest BCUT2D eigenvalue weighted by atomic mass is 9.78. The first kappa shape index (κ1) is 23.1. The molecule has 0 aromatic heterocycles. The minimum absolute atomic E-state index is 0.122. The fraction of sp³-hybridized carbons (Fsp3) is 0.682. The average Bonchev–Trinajstić information content (AvgIpc) is 2.72. The monoisotopic (exact) mass is 407 g/mol. The van der Waals surface area contributed by atoms with E-state index in [-0.39, 0.29) is 11.5 Å². The van der Waals surface area contributed by atoms with Crippen LogP contribution in [0.15, 0.2) is 17.1 Å². The van der Waals surface area contributed by atoms with Crippen molar-refractivity contribution in [3.05, 3.63) is 17.7 Å².